The first-order valence-electron chi connectivity index (χ1n) is 5.62. The van der Waals surface area contributed by atoms with Gasteiger partial charge in [-0.15, -0.1) is 11.3 Å². The number of hydrogen-bond donors (Lipinski definition) is 0. The van der Waals surface area contributed by atoms with Gasteiger partial charge in [-0.05, 0) is 30.5 Å². The average Bonchev–Trinajstić information content (AvgIpc) is 2.84. The molecule has 0 unspecified atom stereocenters. The molecular weight excluding hydrogens is 249 g/mol. The van der Waals surface area contributed by atoms with Crippen molar-refractivity contribution in [3.63, 3.8) is 0 Å². The van der Waals surface area contributed by atoms with E-state index in [0.29, 0.717) is 6.54 Å². The molecule has 0 aliphatic rings. The first-order chi connectivity index (χ1) is 8.58. The van der Waals surface area contributed by atoms with E-state index in [0.717, 1.165) is 10.4 Å². The van der Waals surface area contributed by atoms with Crippen molar-refractivity contribution in [3.05, 3.63) is 57.5 Å². The van der Waals surface area contributed by atoms with Gasteiger partial charge in [0, 0.05) is 11.9 Å². The molecule has 0 aliphatic heterocycles. The minimum Gasteiger partial charge on any atom is -0.336 e. The van der Waals surface area contributed by atoms with Crippen molar-refractivity contribution in [3.8, 4) is 0 Å². The average molecular weight is 263 g/mol. The quantitative estimate of drug-likeness (QED) is 0.830. The van der Waals surface area contributed by atoms with E-state index in [9.17, 15) is 9.18 Å². The molecule has 0 saturated carbocycles. The minimum absolute atomic E-state index is 0.133. The summed E-state index contributed by atoms with van der Waals surface area (Å²) in [5.41, 5.74) is 1.01. The molecule has 4 heteroatoms. The van der Waals surface area contributed by atoms with Gasteiger partial charge in [0.15, 0.2) is 0 Å². The molecule has 1 aromatic carbocycles. The number of thiophene rings is 1. The Bertz CT molecular complexity index is 551. The van der Waals surface area contributed by atoms with Gasteiger partial charge in [0.2, 0.25) is 0 Å². The molecule has 0 fully saturated rings. The maximum absolute atomic E-state index is 13.6. The molecule has 0 N–H and O–H groups in total. The third kappa shape index (κ3) is 2.76. The van der Waals surface area contributed by atoms with Gasteiger partial charge in [0.25, 0.3) is 5.91 Å². The fraction of sp³-hybridized carbons (Fsp3) is 0.214. The summed E-state index contributed by atoms with van der Waals surface area (Å²) < 4.78 is 13.6. The van der Waals surface area contributed by atoms with E-state index >= 15 is 0 Å². The Kier molecular flexibility index (Phi) is 3.77. The van der Waals surface area contributed by atoms with Crippen molar-refractivity contribution in [1.82, 2.24) is 4.90 Å². The predicted molar refractivity (Wildman–Crippen MR) is 71.3 cm³/mol. The zero-order chi connectivity index (χ0) is 13.1. The molecule has 0 atom stereocenters. The van der Waals surface area contributed by atoms with Crippen molar-refractivity contribution < 1.29 is 9.18 Å². The molecule has 0 aliphatic carbocycles. The lowest BCUT2D eigenvalue weighted by molar-refractivity contribution is 0.0781. The number of carbonyl (C=O) groups is 1. The molecule has 18 heavy (non-hydrogen) atoms. The molecule has 2 nitrogen and oxygen atoms in total. The molecule has 0 bridgehead atoms. The van der Waals surface area contributed by atoms with Crippen LogP contribution < -0.4 is 0 Å². The van der Waals surface area contributed by atoms with E-state index < -0.39 is 5.82 Å². The molecule has 0 radical (unpaired) electrons. The molecule has 2 aromatic rings. The summed E-state index contributed by atoms with van der Waals surface area (Å²) in [6.45, 7) is 2.35. The summed E-state index contributed by atoms with van der Waals surface area (Å²) in [7, 11) is 1.68. The van der Waals surface area contributed by atoms with Crippen LogP contribution in [0.3, 0.4) is 0 Å². The Morgan fingerprint density at radius 2 is 2.17 bits per heavy atom. The van der Waals surface area contributed by atoms with Crippen molar-refractivity contribution in [2.75, 3.05) is 7.05 Å². The molecule has 1 amide bonds. The number of benzene rings is 1. The van der Waals surface area contributed by atoms with Crippen LogP contribution in [0.4, 0.5) is 4.39 Å². The zero-order valence-corrected chi connectivity index (χ0v) is 11.1. The normalized spacial score (nSPS) is 10.4. The Hall–Kier alpha value is -1.68. The van der Waals surface area contributed by atoms with E-state index in [4.69, 9.17) is 0 Å². The van der Waals surface area contributed by atoms with Crippen LogP contribution >= 0.6 is 11.3 Å². The van der Waals surface area contributed by atoms with Gasteiger partial charge in [0.1, 0.15) is 5.82 Å². The van der Waals surface area contributed by atoms with Gasteiger partial charge in [0.05, 0.1) is 12.1 Å². The predicted octanol–water partition coefficient (Wildman–Crippen LogP) is 3.47. The Morgan fingerprint density at radius 3 is 2.83 bits per heavy atom. The van der Waals surface area contributed by atoms with E-state index in [1.165, 1.54) is 11.0 Å². The second kappa shape index (κ2) is 5.31. The highest BCUT2D eigenvalue weighted by molar-refractivity contribution is 7.09. The first-order valence-corrected chi connectivity index (χ1v) is 6.50. The number of amides is 1. The number of hydrogen-bond acceptors (Lipinski definition) is 2. The topological polar surface area (TPSA) is 20.3 Å². The summed E-state index contributed by atoms with van der Waals surface area (Å²) >= 11 is 1.58. The molecule has 2 rings (SSSR count). The summed E-state index contributed by atoms with van der Waals surface area (Å²) in [5, 5.41) is 1.96. The van der Waals surface area contributed by atoms with Crippen LogP contribution in [0.25, 0.3) is 0 Å². The van der Waals surface area contributed by atoms with Crippen molar-refractivity contribution in [2.24, 2.45) is 0 Å². The standard InChI is InChI=1S/C14H14FNOS/c1-10-5-6-13(15)12(8-10)14(17)16(2)9-11-4-3-7-18-11/h3-8H,9H2,1-2H3. The second-order valence-electron chi connectivity index (χ2n) is 4.22. The Balaban J connectivity index is 2.17. The van der Waals surface area contributed by atoms with Crippen LogP contribution in [0, 0.1) is 12.7 Å². The number of halogens is 1. The SMILES string of the molecule is Cc1ccc(F)c(C(=O)N(C)Cc2cccs2)c1. The van der Waals surface area contributed by atoms with Crippen LogP contribution in [-0.4, -0.2) is 17.9 Å². The van der Waals surface area contributed by atoms with Gasteiger partial charge in [-0.1, -0.05) is 17.7 Å². The summed E-state index contributed by atoms with van der Waals surface area (Å²) in [6, 6.07) is 8.47. The number of carbonyl (C=O) groups excluding carboxylic acids is 1. The van der Waals surface area contributed by atoms with E-state index in [-0.39, 0.29) is 11.5 Å². The fourth-order valence-corrected chi connectivity index (χ4v) is 2.47. The van der Waals surface area contributed by atoms with Gasteiger partial charge in [-0.25, -0.2) is 4.39 Å². The van der Waals surface area contributed by atoms with E-state index in [2.05, 4.69) is 0 Å². The maximum Gasteiger partial charge on any atom is 0.256 e. The van der Waals surface area contributed by atoms with E-state index in [1.54, 1.807) is 30.5 Å². The smallest absolute Gasteiger partial charge is 0.256 e. The van der Waals surface area contributed by atoms with Gasteiger partial charge < -0.3 is 4.90 Å². The van der Waals surface area contributed by atoms with Gasteiger partial charge in [-0.2, -0.15) is 0 Å². The molecular formula is C14H14FNOS. The van der Waals surface area contributed by atoms with Crippen LogP contribution in [0.1, 0.15) is 20.8 Å². The lowest BCUT2D eigenvalue weighted by atomic mass is 10.1. The molecule has 1 aromatic heterocycles. The van der Waals surface area contributed by atoms with Crippen LogP contribution in [0.5, 0.6) is 0 Å². The second-order valence-corrected chi connectivity index (χ2v) is 5.26. The fourth-order valence-electron chi connectivity index (χ4n) is 1.72. The van der Waals surface area contributed by atoms with Crippen LogP contribution in [0.15, 0.2) is 35.7 Å². The number of nitrogens with zero attached hydrogens (tertiary/aromatic N) is 1. The number of rotatable bonds is 3. The van der Waals surface area contributed by atoms with Crippen molar-refractivity contribution in [1.29, 1.82) is 0 Å². The molecule has 0 saturated heterocycles. The minimum atomic E-state index is -0.469. The first kappa shape index (κ1) is 12.8. The van der Waals surface area contributed by atoms with Gasteiger partial charge >= 0.3 is 0 Å². The van der Waals surface area contributed by atoms with Gasteiger partial charge in [-0.3, -0.25) is 4.79 Å². The van der Waals surface area contributed by atoms with Crippen LogP contribution in [-0.2, 0) is 6.54 Å². The monoisotopic (exact) mass is 263 g/mol. The highest BCUT2D eigenvalue weighted by Crippen LogP contribution is 2.16. The summed E-state index contributed by atoms with van der Waals surface area (Å²) in [5.74, 6) is -0.756. The maximum atomic E-state index is 13.6. The molecule has 1 heterocycles. The number of aryl methyl sites for hydroxylation is 1. The zero-order valence-electron chi connectivity index (χ0n) is 10.3. The van der Waals surface area contributed by atoms with Crippen molar-refractivity contribution in [2.45, 2.75) is 13.5 Å². The highest BCUT2D eigenvalue weighted by atomic mass is 32.1. The van der Waals surface area contributed by atoms with Crippen LogP contribution in [0.2, 0.25) is 0 Å². The van der Waals surface area contributed by atoms with Crippen molar-refractivity contribution >= 4 is 17.2 Å². The third-order valence-electron chi connectivity index (χ3n) is 2.67. The molecule has 94 valence electrons. The highest BCUT2D eigenvalue weighted by Gasteiger charge is 2.16. The summed E-state index contributed by atoms with van der Waals surface area (Å²) in [6.07, 6.45) is 0. The van der Waals surface area contributed by atoms with E-state index in [1.807, 2.05) is 24.4 Å². The lowest BCUT2D eigenvalue weighted by Gasteiger charge is -2.17. The summed E-state index contributed by atoms with van der Waals surface area (Å²) in [4.78, 5) is 14.7. The molecule has 0 spiro atoms. The lowest BCUT2D eigenvalue weighted by Crippen LogP contribution is -2.26. The third-order valence-corrected chi connectivity index (χ3v) is 3.53. The Morgan fingerprint density at radius 1 is 1.39 bits per heavy atom. The Labute approximate surface area is 110 Å². The largest absolute Gasteiger partial charge is 0.336 e.